The minimum absolute atomic E-state index is 0.0243. The van der Waals surface area contributed by atoms with Gasteiger partial charge in [0, 0.05) is 37.4 Å². The van der Waals surface area contributed by atoms with Crippen LogP contribution in [0.25, 0.3) is 0 Å². The van der Waals surface area contributed by atoms with E-state index in [4.69, 9.17) is 4.74 Å². The Bertz CT molecular complexity index is 892. The van der Waals surface area contributed by atoms with Gasteiger partial charge in [-0.1, -0.05) is 12.1 Å². The second kappa shape index (κ2) is 9.13. The van der Waals surface area contributed by atoms with Crippen molar-refractivity contribution in [2.24, 2.45) is 0 Å². The van der Waals surface area contributed by atoms with Gasteiger partial charge in [-0.25, -0.2) is 4.79 Å². The van der Waals surface area contributed by atoms with E-state index in [0.717, 1.165) is 0 Å². The van der Waals surface area contributed by atoms with Crippen molar-refractivity contribution >= 4 is 29.3 Å². The van der Waals surface area contributed by atoms with Gasteiger partial charge in [0.1, 0.15) is 0 Å². The molecule has 1 N–H and O–H groups in total. The summed E-state index contributed by atoms with van der Waals surface area (Å²) in [5.74, 6) is 0.212. The molecule has 0 spiro atoms. The molecule has 1 aliphatic heterocycles. The molecule has 0 atom stereocenters. The molecular weight excluding hydrogens is 374 g/mol. The van der Waals surface area contributed by atoms with Crippen molar-refractivity contribution in [2.45, 2.75) is 13.8 Å². The van der Waals surface area contributed by atoms with E-state index >= 15 is 0 Å². The highest BCUT2D eigenvalue weighted by atomic mass is 16.6. The van der Waals surface area contributed by atoms with Gasteiger partial charge in [0.05, 0.1) is 6.61 Å². The predicted molar refractivity (Wildman–Crippen MR) is 106 cm³/mol. The van der Waals surface area contributed by atoms with Gasteiger partial charge in [-0.3, -0.25) is 9.59 Å². The van der Waals surface area contributed by atoms with E-state index in [1.807, 2.05) is 6.07 Å². The topological polar surface area (TPSA) is 105 Å². The normalized spacial score (nSPS) is 13.7. The number of piperazine rings is 1. The van der Waals surface area contributed by atoms with Crippen molar-refractivity contribution in [3.8, 4) is 0 Å². The molecule has 3 rings (SSSR count). The van der Waals surface area contributed by atoms with Gasteiger partial charge in [0.15, 0.2) is 17.3 Å². The Morgan fingerprint density at radius 3 is 2.38 bits per heavy atom. The average Bonchev–Trinajstić information content (AvgIpc) is 2.74. The van der Waals surface area contributed by atoms with E-state index in [0.29, 0.717) is 49.9 Å². The standard InChI is InChI=1S/C20H23N5O4/c1-3-29-20(28)25-11-9-24(10-12-25)19(27)17-7-8-18(23-22-17)21-16-6-4-5-15(13-16)14(2)26/h4-8,13H,3,9-12H2,1-2H3,(H,21,23). The summed E-state index contributed by atoms with van der Waals surface area (Å²) in [6, 6.07) is 10.3. The van der Waals surface area contributed by atoms with Crippen LogP contribution in [0.4, 0.5) is 16.3 Å². The zero-order valence-corrected chi connectivity index (χ0v) is 16.4. The minimum atomic E-state index is -0.358. The number of hydrogen-bond acceptors (Lipinski definition) is 7. The van der Waals surface area contributed by atoms with E-state index in [-0.39, 0.29) is 23.5 Å². The van der Waals surface area contributed by atoms with Crippen LogP contribution in [0.15, 0.2) is 36.4 Å². The highest BCUT2D eigenvalue weighted by molar-refractivity contribution is 5.95. The summed E-state index contributed by atoms with van der Waals surface area (Å²) in [5, 5.41) is 11.1. The summed E-state index contributed by atoms with van der Waals surface area (Å²) in [7, 11) is 0. The average molecular weight is 397 g/mol. The van der Waals surface area contributed by atoms with Crippen LogP contribution < -0.4 is 5.32 Å². The van der Waals surface area contributed by atoms with Crippen LogP contribution in [0.1, 0.15) is 34.7 Å². The third kappa shape index (κ3) is 5.07. The Balaban J connectivity index is 1.59. The van der Waals surface area contributed by atoms with Crippen molar-refractivity contribution in [3.63, 3.8) is 0 Å². The van der Waals surface area contributed by atoms with E-state index in [9.17, 15) is 14.4 Å². The number of amides is 2. The number of nitrogens with zero attached hydrogens (tertiary/aromatic N) is 4. The van der Waals surface area contributed by atoms with Crippen LogP contribution in [0, 0.1) is 0 Å². The Morgan fingerprint density at radius 2 is 1.76 bits per heavy atom. The fraction of sp³-hybridized carbons (Fsp3) is 0.350. The number of Topliss-reactive ketones (excluding diaryl/α,β-unsaturated/α-hetero) is 1. The molecule has 29 heavy (non-hydrogen) atoms. The third-order valence-corrected chi connectivity index (χ3v) is 4.52. The van der Waals surface area contributed by atoms with E-state index < -0.39 is 0 Å². The molecule has 9 heteroatoms. The SMILES string of the molecule is CCOC(=O)N1CCN(C(=O)c2ccc(Nc3cccc(C(C)=O)c3)nn2)CC1. The summed E-state index contributed by atoms with van der Waals surface area (Å²) in [4.78, 5) is 39.1. The number of nitrogens with one attached hydrogen (secondary N) is 1. The van der Waals surface area contributed by atoms with Crippen LogP contribution >= 0.6 is 0 Å². The summed E-state index contributed by atoms with van der Waals surface area (Å²) in [5.41, 5.74) is 1.54. The molecule has 9 nitrogen and oxygen atoms in total. The van der Waals surface area contributed by atoms with Crippen molar-refractivity contribution in [1.29, 1.82) is 0 Å². The second-order valence-electron chi connectivity index (χ2n) is 6.54. The number of carbonyl (C=O) groups excluding carboxylic acids is 3. The van der Waals surface area contributed by atoms with E-state index in [1.54, 1.807) is 47.1 Å². The zero-order valence-electron chi connectivity index (χ0n) is 16.4. The minimum Gasteiger partial charge on any atom is -0.450 e. The molecule has 0 radical (unpaired) electrons. The van der Waals surface area contributed by atoms with Gasteiger partial charge in [-0.15, -0.1) is 10.2 Å². The number of hydrogen-bond donors (Lipinski definition) is 1. The van der Waals surface area contributed by atoms with E-state index in [1.165, 1.54) is 6.92 Å². The molecule has 0 bridgehead atoms. The highest BCUT2D eigenvalue weighted by Crippen LogP contribution is 2.16. The van der Waals surface area contributed by atoms with Gasteiger partial charge in [-0.2, -0.15) is 0 Å². The second-order valence-corrected chi connectivity index (χ2v) is 6.54. The Morgan fingerprint density at radius 1 is 1.03 bits per heavy atom. The first kappa shape index (κ1) is 20.2. The first-order valence-electron chi connectivity index (χ1n) is 9.40. The van der Waals surface area contributed by atoms with Crippen LogP contribution in [0.2, 0.25) is 0 Å². The predicted octanol–water partition coefficient (Wildman–Crippen LogP) is 2.34. The maximum atomic E-state index is 12.6. The number of ether oxygens (including phenoxy) is 1. The molecule has 1 aromatic carbocycles. The lowest BCUT2D eigenvalue weighted by molar-refractivity contribution is 0.0565. The quantitative estimate of drug-likeness (QED) is 0.772. The van der Waals surface area contributed by atoms with Crippen molar-refractivity contribution in [2.75, 3.05) is 38.1 Å². The lowest BCUT2D eigenvalue weighted by Gasteiger charge is -2.33. The van der Waals surface area contributed by atoms with Gasteiger partial charge in [0.2, 0.25) is 0 Å². The molecule has 2 aromatic rings. The summed E-state index contributed by atoms with van der Waals surface area (Å²) >= 11 is 0. The Labute approximate surface area is 168 Å². The largest absolute Gasteiger partial charge is 0.450 e. The van der Waals surface area contributed by atoms with E-state index in [2.05, 4.69) is 15.5 Å². The van der Waals surface area contributed by atoms with Crippen molar-refractivity contribution in [1.82, 2.24) is 20.0 Å². The van der Waals surface area contributed by atoms with Crippen LogP contribution in [-0.4, -0.2) is 70.6 Å². The van der Waals surface area contributed by atoms with Crippen LogP contribution in [0.5, 0.6) is 0 Å². The number of ketones is 1. The van der Waals surface area contributed by atoms with Crippen molar-refractivity contribution < 1.29 is 19.1 Å². The van der Waals surface area contributed by atoms with Gasteiger partial charge < -0.3 is 19.9 Å². The van der Waals surface area contributed by atoms with Crippen LogP contribution in [0.3, 0.4) is 0 Å². The molecule has 0 aliphatic carbocycles. The maximum absolute atomic E-state index is 12.6. The molecule has 1 aromatic heterocycles. The first-order chi connectivity index (χ1) is 14.0. The molecule has 1 aliphatic rings. The summed E-state index contributed by atoms with van der Waals surface area (Å²) in [6.45, 7) is 5.26. The molecule has 2 heterocycles. The van der Waals surface area contributed by atoms with Crippen molar-refractivity contribution in [3.05, 3.63) is 47.7 Å². The molecule has 1 fully saturated rings. The van der Waals surface area contributed by atoms with Gasteiger partial charge in [0.25, 0.3) is 5.91 Å². The number of anilines is 2. The zero-order chi connectivity index (χ0) is 20.8. The fourth-order valence-corrected chi connectivity index (χ4v) is 2.95. The highest BCUT2D eigenvalue weighted by Gasteiger charge is 2.26. The van der Waals surface area contributed by atoms with Gasteiger partial charge >= 0.3 is 6.09 Å². The molecule has 0 unspecified atom stereocenters. The summed E-state index contributed by atoms with van der Waals surface area (Å²) in [6.07, 6.45) is -0.358. The maximum Gasteiger partial charge on any atom is 0.409 e. The third-order valence-electron chi connectivity index (χ3n) is 4.52. The molecule has 2 amide bonds. The lowest BCUT2D eigenvalue weighted by Crippen LogP contribution is -2.50. The number of carbonyl (C=O) groups is 3. The molecular formula is C20H23N5O4. The van der Waals surface area contributed by atoms with Crippen LogP contribution in [-0.2, 0) is 4.74 Å². The van der Waals surface area contributed by atoms with Gasteiger partial charge in [-0.05, 0) is 38.1 Å². The fourth-order valence-electron chi connectivity index (χ4n) is 2.95. The summed E-state index contributed by atoms with van der Waals surface area (Å²) < 4.78 is 4.98. The molecule has 1 saturated heterocycles. The molecule has 152 valence electrons. The smallest absolute Gasteiger partial charge is 0.409 e. The number of benzene rings is 1. The Kier molecular flexibility index (Phi) is 6.38. The number of rotatable bonds is 5. The monoisotopic (exact) mass is 397 g/mol. The Hall–Kier alpha value is -3.49. The lowest BCUT2D eigenvalue weighted by atomic mass is 10.1. The first-order valence-corrected chi connectivity index (χ1v) is 9.40. The number of aromatic nitrogens is 2. The molecule has 0 saturated carbocycles.